The lowest BCUT2D eigenvalue weighted by molar-refractivity contribution is -0.139. The Morgan fingerprint density at radius 1 is 1.15 bits per heavy atom. The molecule has 148 valence electrons. The molecule has 1 atom stereocenters. The highest BCUT2D eigenvalue weighted by Crippen LogP contribution is 2.39. The average Bonchev–Trinajstić information content (AvgIpc) is 3.05. The Morgan fingerprint density at radius 2 is 1.85 bits per heavy atom. The van der Waals surface area contributed by atoms with Gasteiger partial charge in [-0.05, 0) is 62.8 Å². The third kappa shape index (κ3) is 5.64. The molecule has 27 heavy (non-hydrogen) atoms. The van der Waals surface area contributed by atoms with Crippen molar-refractivity contribution >= 4 is 5.91 Å². The van der Waals surface area contributed by atoms with E-state index >= 15 is 0 Å². The van der Waals surface area contributed by atoms with Gasteiger partial charge in [-0.1, -0.05) is 44.2 Å². The molecule has 0 saturated heterocycles. The molecule has 1 amide bonds. The summed E-state index contributed by atoms with van der Waals surface area (Å²) < 4.78 is 0. The summed E-state index contributed by atoms with van der Waals surface area (Å²) in [6.07, 6.45) is 6.97. The molecule has 1 aliphatic rings. The third-order valence-corrected chi connectivity index (χ3v) is 4.75. The molecular formula is C23H34N2O2. The molecule has 0 unspecified atom stereocenters. The molecule has 0 radical (unpaired) electrons. The van der Waals surface area contributed by atoms with Crippen molar-refractivity contribution in [2.24, 2.45) is 0 Å². The Bertz CT molecular complexity index is 708. The van der Waals surface area contributed by atoms with Gasteiger partial charge < -0.3 is 10.4 Å². The number of benzene rings is 1. The van der Waals surface area contributed by atoms with E-state index in [0.717, 1.165) is 24.8 Å². The minimum Gasteiger partial charge on any atom is -0.412 e. The maximum absolute atomic E-state index is 13.1. The first-order valence-corrected chi connectivity index (χ1v) is 9.75. The van der Waals surface area contributed by atoms with Crippen LogP contribution in [0.15, 0.2) is 48.8 Å². The van der Waals surface area contributed by atoms with Gasteiger partial charge in [-0.3, -0.25) is 9.78 Å². The minimum atomic E-state index is -0.186. The highest BCUT2D eigenvalue weighted by molar-refractivity contribution is 5.78. The fourth-order valence-corrected chi connectivity index (χ4v) is 3.74. The fraction of sp³-hybridized carbons (Fsp3) is 0.478. The highest BCUT2D eigenvalue weighted by atomic mass is 16.2. The zero-order chi connectivity index (χ0) is 19.2. The molecule has 1 aliphatic carbocycles. The van der Waals surface area contributed by atoms with Crippen molar-refractivity contribution in [2.75, 3.05) is 0 Å². The molecule has 4 nitrogen and oxygen atoms in total. The lowest BCUT2D eigenvalue weighted by Crippen LogP contribution is -2.47. The molecule has 2 N–H and O–H groups in total. The topological polar surface area (TPSA) is 64.7 Å². The Balaban J connectivity index is 0.00000118. The summed E-state index contributed by atoms with van der Waals surface area (Å²) in [5, 5.41) is 0. The number of aryl methyl sites for hydroxylation is 2. The number of amides is 1. The van der Waals surface area contributed by atoms with Crippen LogP contribution in [0.3, 0.4) is 0 Å². The van der Waals surface area contributed by atoms with Gasteiger partial charge in [-0.2, -0.15) is 0 Å². The molecule has 0 aliphatic heterocycles. The smallest absolute Gasteiger partial charge is 0.223 e. The van der Waals surface area contributed by atoms with E-state index in [1.54, 1.807) is 6.20 Å². The highest BCUT2D eigenvalue weighted by Gasteiger charge is 2.36. The number of rotatable bonds is 4. The summed E-state index contributed by atoms with van der Waals surface area (Å²) >= 11 is 0. The zero-order valence-electron chi connectivity index (χ0n) is 17.3. The van der Waals surface area contributed by atoms with Crippen LogP contribution in [0.25, 0.3) is 0 Å². The monoisotopic (exact) mass is 370 g/mol. The minimum absolute atomic E-state index is 0. The number of nitrogens with zero attached hydrogens (tertiary/aromatic N) is 2. The Morgan fingerprint density at radius 3 is 2.48 bits per heavy atom. The second-order valence-corrected chi connectivity index (χ2v) is 7.55. The maximum Gasteiger partial charge on any atom is 0.223 e. The van der Waals surface area contributed by atoms with E-state index in [0.29, 0.717) is 6.42 Å². The van der Waals surface area contributed by atoms with Gasteiger partial charge in [0.25, 0.3) is 0 Å². The van der Waals surface area contributed by atoms with Crippen LogP contribution in [0.4, 0.5) is 0 Å². The van der Waals surface area contributed by atoms with Crippen molar-refractivity contribution in [2.45, 2.75) is 71.9 Å². The molecule has 0 spiro atoms. The SMILES string of the molecule is CC.CC(C)(C)N(C(=O)CCc1cccnc1)[C@@H]1CCc2ccccc21.O. The first kappa shape index (κ1) is 22.8. The summed E-state index contributed by atoms with van der Waals surface area (Å²) in [5.41, 5.74) is 3.64. The standard InChI is InChI=1S/C21H26N2O.C2H6.H2O/c1-21(2,3)23(19-12-11-17-8-4-5-9-18(17)19)20(24)13-10-16-7-6-14-22-15-16;1-2;/h4-9,14-15,19H,10-13H2,1-3H3;1-2H3;1H2/t19-;;/m1../s1. The first-order chi connectivity index (χ1) is 12.5. The summed E-state index contributed by atoms with van der Waals surface area (Å²) in [6.45, 7) is 10.4. The average molecular weight is 371 g/mol. The number of fused-ring (bicyclic) bond motifs is 1. The second kappa shape index (κ2) is 10.2. The molecule has 4 heteroatoms. The lowest BCUT2D eigenvalue weighted by atomic mass is 9.97. The summed E-state index contributed by atoms with van der Waals surface area (Å²) in [6, 6.07) is 12.7. The van der Waals surface area contributed by atoms with Crippen molar-refractivity contribution < 1.29 is 10.3 Å². The predicted molar refractivity (Wildman–Crippen MR) is 112 cm³/mol. The van der Waals surface area contributed by atoms with E-state index in [2.05, 4.69) is 54.9 Å². The van der Waals surface area contributed by atoms with E-state index in [9.17, 15) is 4.79 Å². The van der Waals surface area contributed by atoms with E-state index < -0.39 is 0 Å². The van der Waals surface area contributed by atoms with Crippen LogP contribution in [0, 0.1) is 0 Å². The number of hydrogen-bond acceptors (Lipinski definition) is 2. The number of hydrogen-bond donors (Lipinski definition) is 0. The number of carbonyl (C=O) groups is 1. The van der Waals surface area contributed by atoms with E-state index in [1.807, 2.05) is 32.2 Å². The van der Waals surface area contributed by atoms with Crippen LogP contribution in [0.2, 0.25) is 0 Å². The van der Waals surface area contributed by atoms with E-state index in [1.165, 1.54) is 11.1 Å². The van der Waals surface area contributed by atoms with E-state index in [4.69, 9.17) is 0 Å². The van der Waals surface area contributed by atoms with Gasteiger partial charge in [0.15, 0.2) is 0 Å². The van der Waals surface area contributed by atoms with Crippen LogP contribution in [-0.2, 0) is 17.6 Å². The largest absolute Gasteiger partial charge is 0.412 e. The van der Waals surface area contributed by atoms with Gasteiger partial charge >= 0.3 is 0 Å². The van der Waals surface area contributed by atoms with Crippen LogP contribution in [-0.4, -0.2) is 26.8 Å². The number of pyridine rings is 1. The molecular weight excluding hydrogens is 336 g/mol. The van der Waals surface area contributed by atoms with Gasteiger partial charge in [-0.25, -0.2) is 0 Å². The lowest BCUT2D eigenvalue weighted by Gasteiger charge is -2.41. The molecule has 0 fully saturated rings. The van der Waals surface area contributed by atoms with Gasteiger partial charge in [0, 0.05) is 24.4 Å². The quantitative estimate of drug-likeness (QED) is 0.793. The third-order valence-electron chi connectivity index (χ3n) is 4.75. The number of aromatic nitrogens is 1. The molecule has 3 rings (SSSR count). The molecule has 1 aromatic heterocycles. The Hall–Kier alpha value is -2.20. The van der Waals surface area contributed by atoms with Gasteiger partial charge in [-0.15, -0.1) is 0 Å². The molecule has 0 saturated carbocycles. The molecule has 0 bridgehead atoms. The van der Waals surface area contributed by atoms with Crippen molar-refractivity contribution in [1.29, 1.82) is 0 Å². The number of carbonyl (C=O) groups excluding carboxylic acids is 1. The fourth-order valence-electron chi connectivity index (χ4n) is 3.74. The first-order valence-electron chi connectivity index (χ1n) is 9.75. The van der Waals surface area contributed by atoms with Crippen LogP contribution >= 0.6 is 0 Å². The van der Waals surface area contributed by atoms with Crippen LogP contribution < -0.4 is 0 Å². The molecule has 2 aromatic rings. The molecule has 1 aromatic carbocycles. The van der Waals surface area contributed by atoms with Crippen LogP contribution in [0.5, 0.6) is 0 Å². The van der Waals surface area contributed by atoms with Gasteiger partial charge in [0.1, 0.15) is 0 Å². The predicted octanol–water partition coefficient (Wildman–Crippen LogP) is 4.53. The Labute approximate surface area is 163 Å². The zero-order valence-corrected chi connectivity index (χ0v) is 17.3. The van der Waals surface area contributed by atoms with Crippen molar-refractivity contribution in [3.8, 4) is 0 Å². The van der Waals surface area contributed by atoms with Gasteiger partial charge in [0.2, 0.25) is 5.91 Å². The maximum atomic E-state index is 13.1. The summed E-state index contributed by atoms with van der Waals surface area (Å²) in [7, 11) is 0. The Kier molecular flexibility index (Phi) is 8.64. The van der Waals surface area contributed by atoms with Crippen molar-refractivity contribution in [1.82, 2.24) is 9.88 Å². The van der Waals surface area contributed by atoms with Crippen molar-refractivity contribution in [3.05, 3.63) is 65.5 Å². The second-order valence-electron chi connectivity index (χ2n) is 7.55. The normalized spacial score (nSPS) is 15.1. The van der Waals surface area contributed by atoms with Crippen LogP contribution in [0.1, 0.15) is 70.2 Å². The summed E-state index contributed by atoms with van der Waals surface area (Å²) in [5.74, 6) is 0.230. The van der Waals surface area contributed by atoms with Gasteiger partial charge in [0.05, 0.1) is 6.04 Å². The van der Waals surface area contributed by atoms with Crippen molar-refractivity contribution in [3.63, 3.8) is 0 Å². The van der Waals surface area contributed by atoms with E-state index in [-0.39, 0.29) is 23.0 Å². The summed E-state index contributed by atoms with van der Waals surface area (Å²) in [4.78, 5) is 19.3. The molecule has 1 heterocycles.